The molecule has 0 aliphatic rings. The van der Waals surface area contributed by atoms with Gasteiger partial charge in [0, 0.05) is 11.6 Å². The molecule has 1 atom stereocenters. The summed E-state index contributed by atoms with van der Waals surface area (Å²) in [4.78, 5) is 0. The zero-order valence-electron chi connectivity index (χ0n) is 8.94. The van der Waals surface area contributed by atoms with Gasteiger partial charge in [0.25, 0.3) is 0 Å². The lowest BCUT2D eigenvalue weighted by atomic mass is 9.82. The Hall–Kier alpha value is -0.480. The van der Waals surface area contributed by atoms with Crippen molar-refractivity contribution in [2.75, 3.05) is 0 Å². The molecule has 2 N–H and O–H groups in total. The normalized spacial score (nSPS) is 14.1. The predicted octanol–water partition coefficient (Wildman–Crippen LogP) is 3.77. The van der Waals surface area contributed by atoms with Gasteiger partial charge in [-0.1, -0.05) is 20.8 Å². The van der Waals surface area contributed by atoms with E-state index in [0.29, 0.717) is 0 Å². The number of hydrogen-bond donors (Lipinski definition) is 1. The standard InChI is InChI=1S/C11H14BrF2N/c1-11(2,3)10(15)8-7(13)5-4-6(12)9(8)14/h4-5,10H,15H2,1-3H3. The summed E-state index contributed by atoms with van der Waals surface area (Å²) in [5.41, 5.74) is 5.40. The van der Waals surface area contributed by atoms with E-state index in [4.69, 9.17) is 5.73 Å². The highest BCUT2D eigenvalue weighted by Crippen LogP contribution is 2.35. The van der Waals surface area contributed by atoms with E-state index in [2.05, 4.69) is 15.9 Å². The van der Waals surface area contributed by atoms with Crippen LogP contribution in [0, 0.1) is 17.0 Å². The third kappa shape index (κ3) is 2.55. The summed E-state index contributed by atoms with van der Waals surface area (Å²) >= 11 is 3.02. The van der Waals surface area contributed by atoms with Crippen LogP contribution in [0.15, 0.2) is 16.6 Å². The van der Waals surface area contributed by atoms with Crippen LogP contribution in [0.25, 0.3) is 0 Å². The second-order valence-electron chi connectivity index (χ2n) is 4.60. The van der Waals surface area contributed by atoms with Gasteiger partial charge >= 0.3 is 0 Å². The molecule has 15 heavy (non-hydrogen) atoms. The first kappa shape index (κ1) is 12.6. The molecule has 0 amide bonds. The number of benzene rings is 1. The summed E-state index contributed by atoms with van der Waals surface area (Å²) in [6.45, 7) is 5.53. The minimum atomic E-state index is -0.671. The maximum Gasteiger partial charge on any atom is 0.145 e. The molecule has 0 saturated carbocycles. The Morgan fingerprint density at radius 2 is 1.80 bits per heavy atom. The van der Waals surface area contributed by atoms with Gasteiger partial charge in [0.1, 0.15) is 11.6 Å². The van der Waals surface area contributed by atoms with E-state index in [1.54, 1.807) is 0 Å². The zero-order chi connectivity index (χ0) is 11.8. The molecule has 1 aromatic rings. The van der Waals surface area contributed by atoms with Crippen LogP contribution in [-0.2, 0) is 0 Å². The van der Waals surface area contributed by atoms with Gasteiger partial charge in [-0.2, -0.15) is 0 Å². The van der Waals surface area contributed by atoms with Crippen molar-refractivity contribution in [3.05, 3.63) is 33.8 Å². The third-order valence-corrected chi connectivity index (χ3v) is 2.94. The Kier molecular flexibility index (Phi) is 3.51. The number of nitrogens with two attached hydrogens (primary N) is 1. The molecule has 1 rings (SSSR count). The van der Waals surface area contributed by atoms with Crippen molar-refractivity contribution in [1.82, 2.24) is 0 Å². The number of halogens is 3. The topological polar surface area (TPSA) is 26.0 Å². The molecule has 4 heteroatoms. The molecule has 0 saturated heterocycles. The fourth-order valence-electron chi connectivity index (χ4n) is 1.26. The van der Waals surface area contributed by atoms with Crippen molar-refractivity contribution in [2.45, 2.75) is 26.8 Å². The van der Waals surface area contributed by atoms with Crippen molar-refractivity contribution in [2.24, 2.45) is 11.1 Å². The largest absolute Gasteiger partial charge is 0.323 e. The fraction of sp³-hybridized carbons (Fsp3) is 0.455. The van der Waals surface area contributed by atoms with E-state index < -0.39 is 17.7 Å². The second-order valence-corrected chi connectivity index (χ2v) is 5.45. The average Bonchev–Trinajstić information content (AvgIpc) is 2.10. The molecule has 0 spiro atoms. The summed E-state index contributed by atoms with van der Waals surface area (Å²) in [6, 6.07) is 1.88. The molecule has 1 unspecified atom stereocenters. The minimum absolute atomic E-state index is 0.0584. The first-order valence-electron chi connectivity index (χ1n) is 4.64. The lowest BCUT2D eigenvalue weighted by Crippen LogP contribution is -2.28. The zero-order valence-corrected chi connectivity index (χ0v) is 10.5. The number of rotatable bonds is 1. The van der Waals surface area contributed by atoms with Gasteiger partial charge in [-0.3, -0.25) is 0 Å². The van der Waals surface area contributed by atoms with E-state index in [9.17, 15) is 8.78 Å². The van der Waals surface area contributed by atoms with E-state index in [1.807, 2.05) is 20.8 Å². The first-order valence-corrected chi connectivity index (χ1v) is 5.43. The molecule has 0 bridgehead atoms. The highest BCUT2D eigenvalue weighted by Gasteiger charge is 2.28. The van der Waals surface area contributed by atoms with Crippen LogP contribution in [0.4, 0.5) is 8.78 Å². The molecule has 0 fully saturated rings. The van der Waals surface area contributed by atoms with Crippen LogP contribution >= 0.6 is 15.9 Å². The van der Waals surface area contributed by atoms with Crippen molar-refractivity contribution < 1.29 is 8.78 Å². The Morgan fingerprint density at radius 1 is 1.27 bits per heavy atom. The van der Waals surface area contributed by atoms with Crippen LogP contribution in [0.2, 0.25) is 0 Å². The van der Waals surface area contributed by atoms with Crippen LogP contribution in [0.1, 0.15) is 32.4 Å². The molecule has 0 radical (unpaired) electrons. The van der Waals surface area contributed by atoms with Gasteiger partial charge in [-0.05, 0) is 33.5 Å². The highest BCUT2D eigenvalue weighted by atomic mass is 79.9. The van der Waals surface area contributed by atoms with Crippen LogP contribution < -0.4 is 5.73 Å². The van der Waals surface area contributed by atoms with E-state index >= 15 is 0 Å². The van der Waals surface area contributed by atoms with Gasteiger partial charge in [0.2, 0.25) is 0 Å². The lowest BCUT2D eigenvalue weighted by Gasteiger charge is -2.28. The SMILES string of the molecule is CC(C)(C)C(N)c1c(F)ccc(Br)c1F. The van der Waals surface area contributed by atoms with Crippen molar-refractivity contribution in [3.8, 4) is 0 Å². The Morgan fingerprint density at radius 3 is 2.27 bits per heavy atom. The van der Waals surface area contributed by atoms with Gasteiger partial charge in [-0.15, -0.1) is 0 Å². The van der Waals surface area contributed by atoms with Crippen molar-refractivity contribution >= 4 is 15.9 Å². The quantitative estimate of drug-likeness (QED) is 0.777. The summed E-state index contributed by atoms with van der Waals surface area (Å²) in [7, 11) is 0. The molecule has 0 heterocycles. The van der Waals surface area contributed by atoms with Gasteiger partial charge in [0.15, 0.2) is 0 Å². The minimum Gasteiger partial charge on any atom is -0.323 e. The first-order chi connectivity index (χ1) is 6.75. The summed E-state index contributed by atoms with van der Waals surface area (Å²) in [6.07, 6.45) is 0. The fourth-order valence-corrected chi connectivity index (χ4v) is 1.61. The van der Waals surface area contributed by atoms with E-state index in [0.717, 1.165) is 0 Å². The van der Waals surface area contributed by atoms with Crippen LogP contribution in [0.5, 0.6) is 0 Å². The van der Waals surface area contributed by atoms with Gasteiger partial charge in [0.05, 0.1) is 4.47 Å². The lowest BCUT2D eigenvalue weighted by molar-refractivity contribution is 0.310. The molecule has 1 aromatic carbocycles. The summed E-state index contributed by atoms with van der Waals surface area (Å²) in [5, 5.41) is 0. The monoisotopic (exact) mass is 277 g/mol. The highest BCUT2D eigenvalue weighted by molar-refractivity contribution is 9.10. The molecule has 1 nitrogen and oxygen atoms in total. The van der Waals surface area contributed by atoms with Crippen LogP contribution in [-0.4, -0.2) is 0 Å². The third-order valence-electron chi connectivity index (χ3n) is 2.32. The molecular weight excluding hydrogens is 264 g/mol. The van der Waals surface area contributed by atoms with E-state index in [1.165, 1.54) is 12.1 Å². The summed E-state index contributed by atoms with van der Waals surface area (Å²) in [5.74, 6) is -1.21. The second kappa shape index (κ2) is 4.18. The molecule has 0 aliphatic heterocycles. The van der Waals surface area contributed by atoms with Gasteiger partial charge in [-0.25, -0.2) is 8.78 Å². The Labute approximate surface area is 96.8 Å². The van der Waals surface area contributed by atoms with Crippen molar-refractivity contribution in [3.63, 3.8) is 0 Å². The maximum absolute atomic E-state index is 13.7. The molecular formula is C11H14BrF2N. The smallest absolute Gasteiger partial charge is 0.145 e. The Balaban J connectivity index is 3.31. The predicted molar refractivity (Wildman–Crippen MR) is 60.4 cm³/mol. The van der Waals surface area contributed by atoms with E-state index in [-0.39, 0.29) is 15.5 Å². The number of hydrogen-bond acceptors (Lipinski definition) is 1. The molecule has 84 valence electrons. The van der Waals surface area contributed by atoms with Crippen molar-refractivity contribution in [1.29, 1.82) is 0 Å². The Bertz CT molecular complexity index is 372. The average molecular weight is 278 g/mol. The molecule has 0 aliphatic carbocycles. The van der Waals surface area contributed by atoms with Crippen LogP contribution in [0.3, 0.4) is 0 Å². The maximum atomic E-state index is 13.7. The summed E-state index contributed by atoms with van der Waals surface area (Å²) < 4.78 is 27.4. The molecule has 0 aromatic heterocycles. The van der Waals surface area contributed by atoms with Gasteiger partial charge < -0.3 is 5.73 Å².